The number of benzene rings is 1. The molecular formula is C13H14ClN. The smallest absolute Gasteiger partial charge is 0.0719 e. The Morgan fingerprint density at radius 1 is 1.47 bits per heavy atom. The first kappa shape index (κ1) is 11.7. The van der Waals surface area contributed by atoms with Gasteiger partial charge in [-0.3, -0.25) is 4.99 Å². The van der Waals surface area contributed by atoms with Crippen molar-refractivity contribution in [2.24, 2.45) is 4.99 Å². The summed E-state index contributed by atoms with van der Waals surface area (Å²) in [6, 6.07) is 5.67. The lowest BCUT2D eigenvalue weighted by atomic mass is 10.1. The quantitative estimate of drug-likeness (QED) is 0.656. The van der Waals surface area contributed by atoms with Crippen molar-refractivity contribution in [1.29, 1.82) is 0 Å². The molecule has 78 valence electrons. The number of nitrogens with zero attached hydrogens (tertiary/aromatic N) is 1. The predicted molar refractivity (Wildman–Crippen MR) is 69.1 cm³/mol. The number of rotatable bonds is 3. The summed E-state index contributed by atoms with van der Waals surface area (Å²) in [5.41, 5.74) is 2.81. The lowest BCUT2D eigenvalue weighted by Gasteiger charge is -2.02. The van der Waals surface area contributed by atoms with E-state index in [1.54, 1.807) is 6.08 Å². The molecule has 0 fully saturated rings. The first-order valence-electron chi connectivity index (χ1n) is 4.77. The highest BCUT2D eigenvalue weighted by atomic mass is 35.5. The fourth-order valence-electron chi connectivity index (χ4n) is 1.17. The van der Waals surface area contributed by atoms with Gasteiger partial charge in [-0.2, -0.15) is 0 Å². The third-order valence-electron chi connectivity index (χ3n) is 1.93. The summed E-state index contributed by atoms with van der Waals surface area (Å²) in [7, 11) is 0. The Kier molecular flexibility index (Phi) is 4.32. The molecule has 15 heavy (non-hydrogen) atoms. The van der Waals surface area contributed by atoms with Gasteiger partial charge >= 0.3 is 0 Å². The second kappa shape index (κ2) is 5.52. The Hall–Kier alpha value is -1.34. The Morgan fingerprint density at radius 3 is 2.80 bits per heavy atom. The normalized spacial score (nSPS) is 12.1. The molecule has 0 aromatic heterocycles. The maximum absolute atomic E-state index is 5.92. The second-order valence-electron chi connectivity index (χ2n) is 3.16. The predicted octanol–water partition coefficient (Wildman–Crippen LogP) is 4.65. The number of hydrogen-bond donors (Lipinski definition) is 0. The Balaban J connectivity index is 3.24. The summed E-state index contributed by atoms with van der Waals surface area (Å²) in [5, 5.41) is 0.693. The van der Waals surface area contributed by atoms with E-state index >= 15 is 0 Å². The average molecular weight is 220 g/mol. The van der Waals surface area contributed by atoms with Crippen LogP contribution in [-0.4, -0.2) is 5.71 Å². The van der Waals surface area contributed by atoms with Crippen LogP contribution < -0.4 is 0 Å². The topological polar surface area (TPSA) is 12.4 Å². The van der Waals surface area contributed by atoms with Crippen LogP contribution in [0.15, 0.2) is 41.9 Å². The van der Waals surface area contributed by atoms with Gasteiger partial charge in [-0.25, -0.2) is 0 Å². The summed E-state index contributed by atoms with van der Waals surface area (Å²) >= 11 is 5.92. The van der Waals surface area contributed by atoms with Gasteiger partial charge in [-0.15, -0.1) is 0 Å². The molecule has 0 amide bonds. The monoisotopic (exact) mass is 219 g/mol. The van der Waals surface area contributed by atoms with Crippen molar-refractivity contribution in [1.82, 2.24) is 0 Å². The van der Waals surface area contributed by atoms with Crippen molar-refractivity contribution in [3.63, 3.8) is 0 Å². The number of halogens is 1. The van der Waals surface area contributed by atoms with Gasteiger partial charge in [0.25, 0.3) is 0 Å². The second-order valence-corrected chi connectivity index (χ2v) is 3.60. The molecule has 2 heteroatoms. The van der Waals surface area contributed by atoms with Crippen LogP contribution in [0.2, 0.25) is 5.02 Å². The Bertz CT molecular complexity index is 417. The summed E-state index contributed by atoms with van der Waals surface area (Å²) in [6.45, 7) is 7.56. The van der Waals surface area contributed by atoms with Crippen LogP contribution in [0.25, 0.3) is 6.08 Å². The van der Waals surface area contributed by atoms with Gasteiger partial charge in [0.15, 0.2) is 0 Å². The molecule has 1 aromatic carbocycles. The van der Waals surface area contributed by atoms with Gasteiger partial charge in [-0.1, -0.05) is 36.4 Å². The molecule has 0 saturated carbocycles. The van der Waals surface area contributed by atoms with Crippen molar-refractivity contribution < 1.29 is 0 Å². The molecule has 0 heterocycles. The average Bonchev–Trinajstić information content (AvgIpc) is 2.22. The molecule has 0 bridgehead atoms. The highest BCUT2D eigenvalue weighted by Crippen LogP contribution is 2.25. The zero-order valence-electron chi connectivity index (χ0n) is 9.00. The molecule has 0 aliphatic carbocycles. The van der Waals surface area contributed by atoms with Crippen LogP contribution in [0.1, 0.15) is 19.4 Å². The molecule has 0 radical (unpaired) electrons. The van der Waals surface area contributed by atoms with E-state index in [1.807, 2.05) is 44.2 Å². The molecule has 0 unspecified atom stereocenters. The molecule has 0 aliphatic heterocycles. The molecule has 1 rings (SSSR count). The lowest BCUT2D eigenvalue weighted by Crippen LogP contribution is -1.83. The number of hydrogen-bond acceptors (Lipinski definition) is 1. The maximum Gasteiger partial charge on any atom is 0.0719 e. The van der Waals surface area contributed by atoms with Crippen molar-refractivity contribution in [3.8, 4) is 0 Å². The van der Waals surface area contributed by atoms with E-state index in [1.165, 1.54) is 0 Å². The summed E-state index contributed by atoms with van der Waals surface area (Å²) in [4.78, 5) is 4.42. The molecule has 0 aliphatic rings. The molecule has 0 N–H and O–H groups in total. The molecule has 0 atom stereocenters. The van der Waals surface area contributed by atoms with E-state index in [0.717, 1.165) is 17.0 Å². The van der Waals surface area contributed by atoms with Crippen LogP contribution in [0.5, 0.6) is 0 Å². The molecule has 1 aromatic rings. The van der Waals surface area contributed by atoms with Gasteiger partial charge in [0.1, 0.15) is 0 Å². The largest absolute Gasteiger partial charge is 0.253 e. The standard InChI is InChI=1S/C13H14ClN/c1-4-6-11-7-8-12(14)9-13(11)15-10(3)5-2/h4-9H,2H2,1,3H3/b6-4-,15-10?. The third kappa shape index (κ3) is 3.37. The summed E-state index contributed by atoms with van der Waals surface area (Å²) in [5.74, 6) is 0. The number of allylic oxidation sites excluding steroid dienone is 2. The Labute approximate surface area is 95.8 Å². The highest BCUT2D eigenvalue weighted by molar-refractivity contribution is 6.30. The fourth-order valence-corrected chi connectivity index (χ4v) is 1.34. The van der Waals surface area contributed by atoms with Crippen molar-refractivity contribution >= 4 is 29.1 Å². The minimum Gasteiger partial charge on any atom is -0.253 e. The first-order valence-corrected chi connectivity index (χ1v) is 5.15. The van der Waals surface area contributed by atoms with Gasteiger partial charge in [0, 0.05) is 10.7 Å². The molecular weight excluding hydrogens is 206 g/mol. The zero-order valence-corrected chi connectivity index (χ0v) is 9.75. The van der Waals surface area contributed by atoms with E-state index in [2.05, 4.69) is 11.6 Å². The zero-order chi connectivity index (χ0) is 11.3. The van der Waals surface area contributed by atoms with E-state index < -0.39 is 0 Å². The van der Waals surface area contributed by atoms with Crippen LogP contribution in [0.4, 0.5) is 5.69 Å². The van der Waals surface area contributed by atoms with Crippen LogP contribution in [-0.2, 0) is 0 Å². The lowest BCUT2D eigenvalue weighted by molar-refractivity contribution is 1.48. The van der Waals surface area contributed by atoms with Crippen molar-refractivity contribution in [2.75, 3.05) is 0 Å². The van der Waals surface area contributed by atoms with Gasteiger partial charge in [0.05, 0.1) is 5.69 Å². The van der Waals surface area contributed by atoms with Crippen LogP contribution in [0.3, 0.4) is 0 Å². The van der Waals surface area contributed by atoms with Crippen molar-refractivity contribution in [2.45, 2.75) is 13.8 Å². The summed E-state index contributed by atoms with van der Waals surface area (Å²) < 4.78 is 0. The number of aliphatic imine (C=N–C) groups is 1. The SMILES string of the molecule is C=CC(C)=Nc1cc(Cl)ccc1/C=C\C. The van der Waals surface area contributed by atoms with Crippen LogP contribution >= 0.6 is 11.6 Å². The van der Waals surface area contributed by atoms with E-state index in [-0.39, 0.29) is 0 Å². The highest BCUT2D eigenvalue weighted by Gasteiger charge is 1.99. The van der Waals surface area contributed by atoms with Gasteiger partial charge < -0.3 is 0 Å². The molecule has 1 nitrogen and oxygen atoms in total. The van der Waals surface area contributed by atoms with E-state index in [4.69, 9.17) is 11.6 Å². The Morgan fingerprint density at radius 2 is 2.20 bits per heavy atom. The maximum atomic E-state index is 5.92. The fraction of sp³-hybridized carbons (Fsp3) is 0.154. The van der Waals surface area contributed by atoms with Crippen LogP contribution in [0, 0.1) is 0 Å². The van der Waals surface area contributed by atoms with Crippen molar-refractivity contribution in [3.05, 3.63) is 47.5 Å². The third-order valence-corrected chi connectivity index (χ3v) is 2.17. The molecule has 0 saturated heterocycles. The first-order chi connectivity index (χ1) is 7.17. The van der Waals surface area contributed by atoms with Gasteiger partial charge in [-0.05, 0) is 37.6 Å². The minimum atomic E-state index is 0.693. The molecule has 0 spiro atoms. The van der Waals surface area contributed by atoms with Gasteiger partial charge in [0.2, 0.25) is 0 Å². The van der Waals surface area contributed by atoms with E-state index in [0.29, 0.717) is 5.02 Å². The summed E-state index contributed by atoms with van der Waals surface area (Å²) in [6.07, 6.45) is 5.71. The minimum absolute atomic E-state index is 0.693. The van der Waals surface area contributed by atoms with E-state index in [9.17, 15) is 0 Å².